The molecule has 7 heteroatoms. The first kappa shape index (κ1) is 23.3. The summed E-state index contributed by atoms with van der Waals surface area (Å²) in [5.41, 5.74) is 2.33. The number of aryl methyl sites for hydroxylation is 1. The van der Waals surface area contributed by atoms with Crippen molar-refractivity contribution in [3.8, 4) is 0 Å². The predicted octanol–water partition coefficient (Wildman–Crippen LogP) is 4.84. The van der Waals surface area contributed by atoms with Crippen LogP contribution in [0.5, 0.6) is 0 Å². The highest BCUT2D eigenvalue weighted by Crippen LogP contribution is 2.23. The summed E-state index contributed by atoms with van der Waals surface area (Å²) in [5.74, 6) is 0.810. The number of hydrogen-bond donors (Lipinski definition) is 1. The van der Waals surface area contributed by atoms with E-state index in [0.29, 0.717) is 36.0 Å². The number of hydrogen-bond acceptors (Lipinski definition) is 3. The lowest BCUT2D eigenvalue weighted by Gasteiger charge is -2.31. The van der Waals surface area contributed by atoms with Crippen LogP contribution in [0.4, 0.5) is 0 Å². The van der Waals surface area contributed by atoms with Crippen molar-refractivity contribution in [2.75, 3.05) is 13.6 Å². The fourth-order valence-corrected chi connectivity index (χ4v) is 4.82. The summed E-state index contributed by atoms with van der Waals surface area (Å²) in [4.78, 5) is 32.2. The molecule has 1 aliphatic carbocycles. The second-order valence-corrected chi connectivity index (χ2v) is 9.15. The van der Waals surface area contributed by atoms with Crippen LogP contribution in [0.2, 0.25) is 5.02 Å². The Hall–Kier alpha value is -2.86. The molecule has 0 aliphatic heterocycles. The van der Waals surface area contributed by atoms with Crippen molar-refractivity contribution in [3.05, 3.63) is 64.9 Å². The number of benzene rings is 2. The second-order valence-electron chi connectivity index (χ2n) is 8.74. The smallest absolute Gasteiger partial charge is 0.252 e. The predicted molar refractivity (Wildman–Crippen MR) is 131 cm³/mol. The van der Waals surface area contributed by atoms with Crippen molar-refractivity contribution in [3.63, 3.8) is 0 Å². The van der Waals surface area contributed by atoms with Gasteiger partial charge in [0, 0.05) is 26.1 Å². The van der Waals surface area contributed by atoms with Crippen LogP contribution in [0.25, 0.3) is 11.0 Å². The summed E-state index contributed by atoms with van der Waals surface area (Å²) < 4.78 is 2.03. The number of rotatable bonds is 8. The molecule has 2 aromatic carbocycles. The van der Waals surface area contributed by atoms with Crippen LogP contribution in [0.15, 0.2) is 48.5 Å². The molecule has 1 fully saturated rings. The van der Waals surface area contributed by atoms with E-state index in [0.717, 1.165) is 29.7 Å². The van der Waals surface area contributed by atoms with Crippen LogP contribution < -0.4 is 5.32 Å². The Kier molecular flexibility index (Phi) is 7.65. The van der Waals surface area contributed by atoms with Gasteiger partial charge in [-0.25, -0.2) is 4.98 Å². The largest absolute Gasteiger partial charge is 0.352 e. The lowest BCUT2D eigenvalue weighted by molar-refractivity contribution is -0.133. The molecule has 0 saturated heterocycles. The first-order valence-electron chi connectivity index (χ1n) is 11.8. The molecule has 2 amide bonds. The van der Waals surface area contributed by atoms with E-state index in [4.69, 9.17) is 16.6 Å². The maximum absolute atomic E-state index is 13.1. The van der Waals surface area contributed by atoms with Crippen molar-refractivity contribution >= 4 is 34.4 Å². The maximum atomic E-state index is 13.1. The minimum atomic E-state index is -0.182. The molecule has 1 aliphatic rings. The van der Waals surface area contributed by atoms with Crippen LogP contribution in [0.3, 0.4) is 0 Å². The van der Waals surface area contributed by atoms with E-state index in [-0.39, 0.29) is 18.4 Å². The summed E-state index contributed by atoms with van der Waals surface area (Å²) in [6.45, 7) is 0.790. The van der Waals surface area contributed by atoms with Crippen molar-refractivity contribution in [2.24, 2.45) is 0 Å². The van der Waals surface area contributed by atoms with Crippen molar-refractivity contribution in [1.82, 2.24) is 19.8 Å². The van der Waals surface area contributed by atoms with Gasteiger partial charge in [0.15, 0.2) is 0 Å². The van der Waals surface area contributed by atoms with Gasteiger partial charge >= 0.3 is 0 Å². The second kappa shape index (κ2) is 10.8. The highest BCUT2D eigenvalue weighted by molar-refractivity contribution is 6.33. The Balaban J connectivity index is 1.41. The van der Waals surface area contributed by atoms with Crippen LogP contribution >= 0.6 is 11.6 Å². The number of amides is 2. The third-order valence-electron chi connectivity index (χ3n) is 6.52. The van der Waals surface area contributed by atoms with Gasteiger partial charge in [-0.15, -0.1) is 0 Å². The number of fused-ring (bicyclic) bond motifs is 1. The fraction of sp³-hybridized carbons (Fsp3) is 0.423. The number of carbonyl (C=O) groups is 2. The number of nitrogens with one attached hydrogen (secondary N) is 1. The van der Waals surface area contributed by atoms with Gasteiger partial charge < -0.3 is 14.8 Å². The highest BCUT2D eigenvalue weighted by Gasteiger charge is 2.23. The Bertz CT molecular complexity index is 1120. The molecule has 1 aromatic heterocycles. The van der Waals surface area contributed by atoms with Gasteiger partial charge in [-0.05, 0) is 43.5 Å². The zero-order valence-corrected chi connectivity index (χ0v) is 19.9. The third-order valence-corrected chi connectivity index (χ3v) is 6.85. The van der Waals surface area contributed by atoms with Crippen molar-refractivity contribution in [2.45, 2.75) is 57.5 Å². The standard InChI is InChI=1S/C26H31ClN4O2/c1-30(19-10-3-2-4-11-19)25(32)18-31-23-15-8-7-14-22(23)29-24(31)16-9-17-28-26(33)20-12-5-6-13-21(20)27/h5-8,12-15,19H,2-4,9-11,16-18H2,1H3,(H,28,33). The SMILES string of the molecule is CN(C(=O)Cn1c(CCCNC(=O)c2ccccc2Cl)nc2ccccc21)C1CCCCC1. The van der Waals surface area contributed by atoms with E-state index < -0.39 is 0 Å². The molecular weight excluding hydrogens is 436 g/mol. The molecule has 0 atom stereocenters. The van der Waals surface area contributed by atoms with Crippen LogP contribution in [0, 0.1) is 0 Å². The molecule has 4 rings (SSSR count). The Morgan fingerprint density at radius 1 is 1.09 bits per heavy atom. The summed E-state index contributed by atoms with van der Waals surface area (Å²) in [5, 5.41) is 3.37. The number of carbonyl (C=O) groups excluding carboxylic acids is 2. The molecular formula is C26H31ClN4O2. The van der Waals surface area contributed by atoms with E-state index in [9.17, 15) is 9.59 Å². The molecule has 1 saturated carbocycles. The minimum Gasteiger partial charge on any atom is -0.352 e. The van der Waals surface area contributed by atoms with Gasteiger partial charge in [0.1, 0.15) is 12.4 Å². The molecule has 0 radical (unpaired) electrons. The van der Waals surface area contributed by atoms with Crippen LogP contribution in [-0.2, 0) is 17.8 Å². The average Bonchev–Trinajstić information content (AvgIpc) is 3.19. The van der Waals surface area contributed by atoms with E-state index in [1.165, 1.54) is 19.3 Å². The first-order chi connectivity index (χ1) is 16.0. The Morgan fingerprint density at radius 2 is 1.82 bits per heavy atom. The number of imidazole rings is 1. The van der Waals surface area contributed by atoms with Gasteiger partial charge in [0.05, 0.1) is 21.6 Å². The minimum absolute atomic E-state index is 0.123. The fourth-order valence-electron chi connectivity index (χ4n) is 4.60. The molecule has 0 spiro atoms. The van der Waals surface area contributed by atoms with E-state index in [2.05, 4.69) is 5.32 Å². The summed E-state index contributed by atoms with van der Waals surface area (Å²) in [7, 11) is 1.93. The monoisotopic (exact) mass is 466 g/mol. The van der Waals surface area contributed by atoms with Crippen molar-refractivity contribution < 1.29 is 9.59 Å². The zero-order valence-electron chi connectivity index (χ0n) is 19.1. The van der Waals surface area contributed by atoms with Crippen molar-refractivity contribution in [1.29, 1.82) is 0 Å². The number of para-hydroxylation sites is 2. The molecule has 174 valence electrons. The Labute approximate surface area is 199 Å². The van der Waals surface area contributed by atoms with E-state index in [1.807, 2.05) is 40.8 Å². The average molecular weight is 467 g/mol. The van der Waals surface area contributed by atoms with Gasteiger partial charge in [-0.1, -0.05) is 55.1 Å². The normalized spacial score (nSPS) is 14.4. The number of halogens is 1. The van der Waals surface area contributed by atoms with Crippen LogP contribution in [0.1, 0.15) is 54.7 Å². The topological polar surface area (TPSA) is 67.2 Å². The van der Waals surface area contributed by atoms with Gasteiger partial charge in [0.25, 0.3) is 5.91 Å². The summed E-state index contributed by atoms with van der Waals surface area (Å²) >= 11 is 6.11. The third kappa shape index (κ3) is 5.56. The molecule has 0 bridgehead atoms. The molecule has 6 nitrogen and oxygen atoms in total. The zero-order chi connectivity index (χ0) is 23.2. The number of nitrogens with zero attached hydrogens (tertiary/aromatic N) is 3. The molecule has 1 heterocycles. The molecule has 1 N–H and O–H groups in total. The number of likely N-dealkylation sites (N-methyl/N-ethyl adjacent to an activating group) is 1. The summed E-state index contributed by atoms with van der Waals surface area (Å²) in [6.07, 6.45) is 7.21. The van der Waals surface area contributed by atoms with Gasteiger partial charge in [-0.3, -0.25) is 9.59 Å². The highest BCUT2D eigenvalue weighted by atomic mass is 35.5. The van der Waals surface area contributed by atoms with Gasteiger partial charge in [0.2, 0.25) is 5.91 Å². The Morgan fingerprint density at radius 3 is 2.61 bits per heavy atom. The van der Waals surface area contributed by atoms with E-state index in [1.54, 1.807) is 24.3 Å². The lowest BCUT2D eigenvalue weighted by Crippen LogP contribution is -2.40. The van der Waals surface area contributed by atoms with E-state index >= 15 is 0 Å². The van der Waals surface area contributed by atoms with Gasteiger partial charge in [-0.2, -0.15) is 0 Å². The molecule has 33 heavy (non-hydrogen) atoms. The lowest BCUT2D eigenvalue weighted by atomic mass is 9.94. The molecule has 3 aromatic rings. The maximum Gasteiger partial charge on any atom is 0.252 e. The molecule has 0 unspecified atom stereocenters. The quantitative estimate of drug-likeness (QED) is 0.483. The number of aromatic nitrogens is 2. The summed E-state index contributed by atoms with van der Waals surface area (Å²) in [6, 6.07) is 15.3. The van der Waals surface area contributed by atoms with Crippen LogP contribution in [-0.4, -0.2) is 45.9 Å². The first-order valence-corrected chi connectivity index (χ1v) is 12.1.